The molecular weight excluding hydrogens is 443 g/mol. The number of anilines is 1. The van der Waals surface area contributed by atoms with E-state index in [0.29, 0.717) is 17.8 Å². The molecule has 32 heavy (non-hydrogen) atoms. The van der Waals surface area contributed by atoms with Gasteiger partial charge in [0.1, 0.15) is 11.5 Å². The van der Waals surface area contributed by atoms with Gasteiger partial charge in [-0.2, -0.15) is 23.0 Å². The smallest absolute Gasteiger partial charge is 0.306 e. The molecule has 0 radical (unpaired) electrons. The molecule has 4 aromatic rings. The Labute approximate surface area is 183 Å². The standard InChI is InChI=1S/C21H16F3N5O2S/c1-2-14-10-18(30)27-20(25-14)29-17(11-15(28-29)16-4-3-9-32-16)26-19(31)12-5-7-13(8-6-12)21(22,23)24/h3-11H,2H2,1H3,(H,26,31)(H,25,27,30). The van der Waals surface area contributed by atoms with E-state index in [-0.39, 0.29) is 22.9 Å². The van der Waals surface area contributed by atoms with Gasteiger partial charge in [0.05, 0.1) is 10.4 Å². The molecule has 7 nitrogen and oxygen atoms in total. The lowest BCUT2D eigenvalue weighted by molar-refractivity contribution is -0.137. The second-order valence-electron chi connectivity index (χ2n) is 6.75. The predicted octanol–water partition coefficient (Wildman–Crippen LogP) is 4.52. The summed E-state index contributed by atoms with van der Waals surface area (Å²) in [5.41, 5.74) is -0.117. The van der Waals surface area contributed by atoms with Crippen LogP contribution in [-0.4, -0.2) is 25.7 Å². The van der Waals surface area contributed by atoms with Crippen LogP contribution in [0.4, 0.5) is 19.0 Å². The maximum atomic E-state index is 12.8. The first kappa shape index (κ1) is 21.5. The van der Waals surface area contributed by atoms with Crippen molar-refractivity contribution in [2.75, 3.05) is 5.32 Å². The quantitative estimate of drug-likeness (QED) is 0.459. The zero-order chi connectivity index (χ0) is 22.9. The van der Waals surface area contributed by atoms with Gasteiger partial charge < -0.3 is 5.32 Å². The summed E-state index contributed by atoms with van der Waals surface area (Å²) < 4.78 is 39.7. The van der Waals surface area contributed by atoms with E-state index in [0.717, 1.165) is 29.1 Å². The molecule has 3 aromatic heterocycles. The highest BCUT2D eigenvalue weighted by atomic mass is 32.1. The monoisotopic (exact) mass is 459 g/mol. The van der Waals surface area contributed by atoms with Gasteiger partial charge in [-0.15, -0.1) is 11.3 Å². The number of nitrogens with one attached hydrogen (secondary N) is 2. The third kappa shape index (κ3) is 4.47. The number of hydrogen-bond donors (Lipinski definition) is 2. The van der Waals surface area contributed by atoms with Gasteiger partial charge in [-0.05, 0) is 42.1 Å². The van der Waals surface area contributed by atoms with Crippen molar-refractivity contribution in [3.8, 4) is 16.5 Å². The third-order valence-corrected chi connectivity index (χ3v) is 5.44. The molecule has 1 aromatic carbocycles. The van der Waals surface area contributed by atoms with Gasteiger partial charge in [-0.3, -0.25) is 14.6 Å². The summed E-state index contributed by atoms with van der Waals surface area (Å²) in [4.78, 5) is 32.5. The Bertz CT molecular complexity index is 1310. The molecule has 0 saturated carbocycles. The molecule has 2 N–H and O–H groups in total. The molecule has 0 aliphatic rings. The summed E-state index contributed by atoms with van der Waals surface area (Å²) >= 11 is 1.44. The summed E-state index contributed by atoms with van der Waals surface area (Å²) in [6.07, 6.45) is -3.98. The summed E-state index contributed by atoms with van der Waals surface area (Å²) in [6.45, 7) is 1.85. The second kappa shape index (κ2) is 8.42. The van der Waals surface area contributed by atoms with E-state index >= 15 is 0 Å². The van der Waals surface area contributed by atoms with E-state index in [1.807, 2.05) is 24.4 Å². The largest absolute Gasteiger partial charge is 0.416 e. The molecule has 11 heteroatoms. The summed E-state index contributed by atoms with van der Waals surface area (Å²) in [6, 6.07) is 10.5. The molecule has 0 aliphatic carbocycles. The van der Waals surface area contributed by atoms with E-state index < -0.39 is 17.6 Å². The number of rotatable bonds is 5. The van der Waals surface area contributed by atoms with Gasteiger partial charge in [0.25, 0.3) is 11.5 Å². The van der Waals surface area contributed by atoms with Crippen molar-refractivity contribution >= 4 is 23.1 Å². The fourth-order valence-electron chi connectivity index (χ4n) is 2.95. The molecule has 0 bridgehead atoms. The SMILES string of the molecule is CCc1cc(=O)[nH]c(-n2nc(-c3cccs3)cc2NC(=O)c2ccc(C(F)(F)F)cc2)n1. The van der Waals surface area contributed by atoms with Crippen LogP contribution < -0.4 is 10.9 Å². The Hall–Kier alpha value is -3.73. The van der Waals surface area contributed by atoms with Gasteiger partial charge in [0, 0.05) is 23.4 Å². The lowest BCUT2D eigenvalue weighted by Gasteiger charge is -2.10. The van der Waals surface area contributed by atoms with Gasteiger partial charge in [-0.1, -0.05) is 13.0 Å². The first-order chi connectivity index (χ1) is 15.2. The van der Waals surface area contributed by atoms with Crippen molar-refractivity contribution in [2.24, 2.45) is 0 Å². The maximum absolute atomic E-state index is 12.8. The van der Waals surface area contributed by atoms with Crippen LogP contribution in [0.2, 0.25) is 0 Å². The van der Waals surface area contributed by atoms with E-state index in [1.54, 1.807) is 6.07 Å². The molecule has 0 aliphatic heterocycles. The number of halogens is 3. The molecule has 164 valence electrons. The highest BCUT2D eigenvalue weighted by Gasteiger charge is 2.30. The van der Waals surface area contributed by atoms with Crippen molar-refractivity contribution in [1.29, 1.82) is 0 Å². The number of aromatic nitrogens is 4. The zero-order valence-electron chi connectivity index (χ0n) is 16.6. The van der Waals surface area contributed by atoms with Crippen LogP contribution in [0.3, 0.4) is 0 Å². The van der Waals surface area contributed by atoms with Crippen molar-refractivity contribution < 1.29 is 18.0 Å². The van der Waals surface area contributed by atoms with E-state index in [4.69, 9.17) is 0 Å². The number of aryl methyl sites for hydroxylation is 1. The van der Waals surface area contributed by atoms with Crippen molar-refractivity contribution in [3.05, 3.63) is 81.1 Å². The predicted molar refractivity (Wildman–Crippen MR) is 114 cm³/mol. The van der Waals surface area contributed by atoms with Gasteiger partial charge in [0.15, 0.2) is 0 Å². The van der Waals surface area contributed by atoms with Crippen LogP contribution in [0.5, 0.6) is 0 Å². The Morgan fingerprint density at radius 3 is 2.56 bits per heavy atom. The van der Waals surface area contributed by atoms with E-state index in [2.05, 4.69) is 20.4 Å². The number of benzene rings is 1. The van der Waals surface area contributed by atoms with Gasteiger partial charge >= 0.3 is 6.18 Å². The number of nitrogens with zero attached hydrogens (tertiary/aromatic N) is 3. The topological polar surface area (TPSA) is 92.7 Å². The summed E-state index contributed by atoms with van der Waals surface area (Å²) in [5, 5.41) is 8.98. The molecular formula is C21H16F3N5O2S. The normalized spacial score (nSPS) is 11.5. The number of alkyl halides is 3. The lowest BCUT2D eigenvalue weighted by atomic mass is 10.1. The number of carbonyl (C=O) groups is 1. The second-order valence-corrected chi connectivity index (χ2v) is 7.69. The van der Waals surface area contributed by atoms with Crippen LogP contribution in [0.15, 0.2) is 58.7 Å². The highest BCUT2D eigenvalue weighted by molar-refractivity contribution is 7.13. The Kier molecular flexibility index (Phi) is 5.66. The third-order valence-electron chi connectivity index (χ3n) is 4.54. The zero-order valence-corrected chi connectivity index (χ0v) is 17.4. The number of hydrogen-bond acceptors (Lipinski definition) is 5. The molecule has 0 saturated heterocycles. The number of thiophene rings is 1. The molecule has 0 spiro atoms. The molecule has 1 amide bonds. The van der Waals surface area contributed by atoms with Crippen LogP contribution in [0.25, 0.3) is 16.5 Å². The average Bonchev–Trinajstić information content (AvgIpc) is 3.42. The minimum absolute atomic E-state index is 0.0344. The van der Waals surface area contributed by atoms with Crippen LogP contribution in [0.1, 0.15) is 28.5 Å². The van der Waals surface area contributed by atoms with Crippen LogP contribution in [-0.2, 0) is 12.6 Å². The average molecular weight is 459 g/mol. The van der Waals surface area contributed by atoms with Crippen LogP contribution in [0, 0.1) is 0 Å². The first-order valence-corrected chi connectivity index (χ1v) is 10.4. The Balaban J connectivity index is 1.72. The molecule has 0 fully saturated rings. The van der Waals surface area contributed by atoms with E-state index in [9.17, 15) is 22.8 Å². The van der Waals surface area contributed by atoms with Crippen molar-refractivity contribution in [2.45, 2.75) is 19.5 Å². The minimum Gasteiger partial charge on any atom is -0.306 e. The molecule has 0 atom stereocenters. The first-order valence-electron chi connectivity index (χ1n) is 9.48. The number of carbonyl (C=O) groups excluding carboxylic acids is 1. The van der Waals surface area contributed by atoms with Crippen molar-refractivity contribution in [1.82, 2.24) is 19.7 Å². The molecule has 0 unspecified atom stereocenters. The maximum Gasteiger partial charge on any atom is 0.416 e. The van der Waals surface area contributed by atoms with Gasteiger partial charge in [-0.25, -0.2) is 4.98 Å². The Morgan fingerprint density at radius 1 is 1.19 bits per heavy atom. The molecule has 4 rings (SSSR count). The fourth-order valence-corrected chi connectivity index (χ4v) is 3.63. The van der Waals surface area contributed by atoms with E-state index in [1.165, 1.54) is 22.1 Å². The fraction of sp³-hybridized carbons (Fsp3) is 0.143. The Morgan fingerprint density at radius 2 is 1.94 bits per heavy atom. The lowest BCUT2D eigenvalue weighted by Crippen LogP contribution is -2.19. The van der Waals surface area contributed by atoms with Crippen LogP contribution >= 0.6 is 11.3 Å². The summed E-state index contributed by atoms with van der Waals surface area (Å²) in [5.74, 6) is -0.318. The van der Waals surface area contributed by atoms with Gasteiger partial charge in [0.2, 0.25) is 5.95 Å². The number of aromatic amines is 1. The number of H-pyrrole nitrogens is 1. The van der Waals surface area contributed by atoms with Crippen molar-refractivity contribution in [3.63, 3.8) is 0 Å². The minimum atomic E-state index is -4.49. The highest BCUT2D eigenvalue weighted by Crippen LogP contribution is 2.30. The number of amides is 1. The molecule has 3 heterocycles. The summed E-state index contributed by atoms with van der Waals surface area (Å²) in [7, 11) is 0.